The molecule has 8 heteroatoms. The van der Waals surface area contributed by atoms with Crippen LogP contribution in [0.1, 0.15) is 37.1 Å². The van der Waals surface area contributed by atoms with Crippen LogP contribution in [-0.2, 0) is 17.3 Å². The molecule has 2 aromatic rings. The molecule has 24 heavy (non-hydrogen) atoms. The normalized spacial score (nSPS) is 20.7. The van der Waals surface area contributed by atoms with Crippen molar-refractivity contribution >= 4 is 34.8 Å². The molecule has 0 bridgehead atoms. The smallest absolute Gasteiger partial charge is 0.231 e. The molecule has 1 amide bonds. The average molecular weight is 370 g/mol. The second-order valence-corrected chi connectivity index (χ2v) is 8.12. The first-order valence-corrected chi connectivity index (χ1v) is 8.62. The zero-order valence-corrected chi connectivity index (χ0v) is 16.0. The van der Waals surface area contributed by atoms with E-state index < -0.39 is 0 Å². The molecule has 6 nitrogen and oxygen atoms in total. The van der Waals surface area contributed by atoms with Gasteiger partial charge in [-0.3, -0.25) is 9.48 Å². The number of hydrogen-bond donors (Lipinski definition) is 2. The largest absolute Gasteiger partial charge is 0.315 e. The van der Waals surface area contributed by atoms with Crippen LogP contribution < -0.4 is 10.6 Å². The Morgan fingerprint density at radius 3 is 2.71 bits per heavy atom. The fraction of sp³-hybridized carbons (Fsp3) is 0.562. The van der Waals surface area contributed by atoms with E-state index in [1.807, 2.05) is 25.6 Å². The van der Waals surface area contributed by atoms with E-state index in [4.69, 9.17) is 0 Å². The van der Waals surface area contributed by atoms with Crippen molar-refractivity contribution < 1.29 is 4.79 Å². The highest BCUT2D eigenvalue weighted by Crippen LogP contribution is 2.32. The maximum absolute atomic E-state index is 12.7. The fourth-order valence-electron chi connectivity index (χ4n) is 2.81. The maximum atomic E-state index is 12.7. The van der Waals surface area contributed by atoms with Gasteiger partial charge in [0.15, 0.2) is 5.13 Å². The number of carbonyl (C=O) groups excluding carboxylic acids is 1. The Hall–Kier alpha value is -1.44. The molecule has 132 valence electrons. The molecule has 1 aliphatic rings. The van der Waals surface area contributed by atoms with E-state index in [0.717, 1.165) is 12.1 Å². The fourth-order valence-corrected chi connectivity index (χ4v) is 3.69. The first kappa shape index (κ1) is 18.9. The second-order valence-electron chi connectivity index (χ2n) is 7.09. The van der Waals surface area contributed by atoms with Crippen LogP contribution in [0.15, 0.2) is 18.6 Å². The Morgan fingerprint density at radius 1 is 1.38 bits per heavy atom. The van der Waals surface area contributed by atoms with E-state index in [1.54, 1.807) is 16.0 Å². The van der Waals surface area contributed by atoms with Crippen molar-refractivity contribution in [3.63, 3.8) is 0 Å². The van der Waals surface area contributed by atoms with Gasteiger partial charge in [-0.2, -0.15) is 5.10 Å². The van der Waals surface area contributed by atoms with Gasteiger partial charge in [0.1, 0.15) is 0 Å². The van der Waals surface area contributed by atoms with Crippen LogP contribution in [0.2, 0.25) is 0 Å². The van der Waals surface area contributed by atoms with E-state index in [0.29, 0.717) is 11.7 Å². The summed E-state index contributed by atoms with van der Waals surface area (Å²) in [5.41, 5.74) is 1.15. The number of anilines is 1. The monoisotopic (exact) mass is 369 g/mol. The molecule has 0 radical (unpaired) electrons. The molecule has 0 spiro atoms. The zero-order valence-electron chi connectivity index (χ0n) is 14.4. The predicted octanol–water partition coefficient (Wildman–Crippen LogP) is 2.54. The molecule has 3 heterocycles. The third-order valence-corrected chi connectivity index (χ3v) is 5.52. The van der Waals surface area contributed by atoms with Crippen molar-refractivity contribution in [2.24, 2.45) is 13.0 Å². The average Bonchev–Trinajstić information content (AvgIpc) is 3.15. The number of halogens is 1. The van der Waals surface area contributed by atoms with E-state index in [2.05, 4.69) is 41.5 Å². The minimum absolute atomic E-state index is 0. The third-order valence-electron chi connectivity index (χ3n) is 4.18. The summed E-state index contributed by atoms with van der Waals surface area (Å²) in [6, 6.07) is 0. The van der Waals surface area contributed by atoms with E-state index in [-0.39, 0.29) is 35.6 Å². The predicted molar refractivity (Wildman–Crippen MR) is 99.0 cm³/mol. The standard InChI is InChI=1S/C16H23N5OS.ClH/c1-16(2,3)13-8-18-15(23-13)20-14(22)12-7-17-6-11(12)10-5-19-21(4)9-10;/h5,8-9,11-12,17H,6-7H2,1-4H3,(H,18,20,22);1H/t11-,12+;/m1./s1. The number of hydrogen-bond acceptors (Lipinski definition) is 5. The van der Waals surface area contributed by atoms with Crippen LogP contribution in [-0.4, -0.2) is 33.8 Å². The number of rotatable bonds is 3. The van der Waals surface area contributed by atoms with Crippen LogP contribution in [0, 0.1) is 5.92 Å². The van der Waals surface area contributed by atoms with Gasteiger partial charge in [0, 0.05) is 43.3 Å². The molecule has 2 aromatic heterocycles. The first-order valence-electron chi connectivity index (χ1n) is 7.81. The Balaban J connectivity index is 0.00000208. The van der Waals surface area contributed by atoms with Crippen molar-refractivity contribution in [2.75, 3.05) is 18.4 Å². The number of aryl methyl sites for hydroxylation is 1. The van der Waals surface area contributed by atoms with Gasteiger partial charge in [-0.1, -0.05) is 20.8 Å². The summed E-state index contributed by atoms with van der Waals surface area (Å²) in [6.07, 6.45) is 5.68. The quantitative estimate of drug-likeness (QED) is 0.872. The van der Waals surface area contributed by atoms with Crippen LogP contribution in [0.25, 0.3) is 0 Å². The van der Waals surface area contributed by atoms with E-state index in [1.165, 1.54) is 4.88 Å². The van der Waals surface area contributed by atoms with Crippen molar-refractivity contribution in [3.8, 4) is 0 Å². The molecular weight excluding hydrogens is 346 g/mol. The summed E-state index contributed by atoms with van der Waals surface area (Å²) in [5, 5.41) is 11.2. The number of nitrogens with zero attached hydrogens (tertiary/aromatic N) is 3. The lowest BCUT2D eigenvalue weighted by molar-refractivity contribution is -0.119. The summed E-state index contributed by atoms with van der Waals surface area (Å²) in [7, 11) is 1.89. The summed E-state index contributed by atoms with van der Waals surface area (Å²) >= 11 is 1.55. The second kappa shape index (κ2) is 7.21. The maximum Gasteiger partial charge on any atom is 0.231 e. The lowest BCUT2D eigenvalue weighted by atomic mass is 9.90. The topological polar surface area (TPSA) is 71.8 Å². The van der Waals surface area contributed by atoms with E-state index >= 15 is 0 Å². The van der Waals surface area contributed by atoms with Crippen LogP contribution in [0.3, 0.4) is 0 Å². The number of amides is 1. The van der Waals surface area contributed by atoms with Crippen LogP contribution in [0.4, 0.5) is 5.13 Å². The molecule has 3 rings (SSSR count). The van der Waals surface area contributed by atoms with E-state index in [9.17, 15) is 4.79 Å². The molecule has 0 aromatic carbocycles. The van der Waals surface area contributed by atoms with Gasteiger partial charge < -0.3 is 10.6 Å². The lowest BCUT2D eigenvalue weighted by Gasteiger charge is -2.16. The number of nitrogens with one attached hydrogen (secondary N) is 2. The van der Waals surface area contributed by atoms with Crippen LogP contribution in [0.5, 0.6) is 0 Å². The van der Waals surface area contributed by atoms with Gasteiger partial charge in [-0.15, -0.1) is 23.7 Å². The van der Waals surface area contributed by atoms with Gasteiger partial charge >= 0.3 is 0 Å². The van der Waals surface area contributed by atoms with Gasteiger partial charge in [0.2, 0.25) is 5.91 Å². The van der Waals surface area contributed by atoms with Crippen molar-refractivity contribution in [1.29, 1.82) is 0 Å². The van der Waals surface area contributed by atoms with Crippen molar-refractivity contribution in [2.45, 2.75) is 32.1 Å². The highest BCUT2D eigenvalue weighted by Gasteiger charge is 2.35. The number of carbonyl (C=O) groups is 1. The molecule has 1 aliphatic heterocycles. The molecule has 2 atom stereocenters. The highest BCUT2D eigenvalue weighted by molar-refractivity contribution is 7.15. The summed E-state index contributed by atoms with van der Waals surface area (Å²) in [6.45, 7) is 7.92. The third kappa shape index (κ3) is 3.96. The Kier molecular flexibility index (Phi) is 5.67. The molecular formula is C16H24ClN5OS. The zero-order chi connectivity index (χ0) is 16.6. The van der Waals surface area contributed by atoms with Crippen molar-refractivity contribution in [3.05, 3.63) is 29.0 Å². The SMILES string of the molecule is Cl.Cn1cc([C@H]2CNC[C@@H]2C(=O)Nc2ncc(C(C)(C)C)s2)cn1. The highest BCUT2D eigenvalue weighted by atomic mass is 35.5. The molecule has 0 saturated carbocycles. The molecule has 1 saturated heterocycles. The Morgan fingerprint density at radius 2 is 2.12 bits per heavy atom. The molecule has 1 fully saturated rings. The van der Waals surface area contributed by atoms with Crippen molar-refractivity contribution in [1.82, 2.24) is 20.1 Å². The Bertz CT molecular complexity index is 705. The van der Waals surface area contributed by atoms with Gasteiger partial charge in [-0.05, 0) is 11.0 Å². The summed E-state index contributed by atoms with van der Waals surface area (Å²) in [4.78, 5) is 18.2. The lowest BCUT2D eigenvalue weighted by Crippen LogP contribution is -2.27. The minimum atomic E-state index is -0.0961. The molecule has 2 N–H and O–H groups in total. The number of thiazole rings is 1. The Labute approximate surface area is 152 Å². The number of aromatic nitrogens is 3. The summed E-state index contributed by atoms with van der Waals surface area (Å²) < 4.78 is 1.78. The molecule has 0 unspecified atom stereocenters. The van der Waals surface area contributed by atoms with Gasteiger partial charge in [0.25, 0.3) is 0 Å². The summed E-state index contributed by atoms with van der Waals surface area (Å²) in [5.74, 6) is 0.0885. The minimum Gasteiger partial charge on any atom is -0.315 e. The van der Waals surface area contributed by atoms with Gasteiger partial charge in [0.05, 0.1) is 12.1 Å². The first-order chi connectivity index (χ1) is 10.8. The van der Waals surface area contributed by atoms with Crippen LogP contribution >= 0.6 is 23.7 Å². The molecule has 0 aliphatic carbocycles. The van der Waals surface area contributed by atoms with Gasteiger partial charge in [-0.25, -0.2) is 4.98 Å².